The minimum Gasteiger partial charge on any atom is -0.344 e. The van der Waals surface area contributed by atoms with Crippen LogP contribution in [0.3, 0.4) is 0 Å². The zero-order chi connectivity index (χ0) is 12.7. The summed E-state index contributed by atoms with van der Waals surface area (Å²) in [4.78, 5) is 2.27. The molecule has 1 heterocycles. The van der Waals surface area contributed by atoms with Gasteiger partial charge in [0, 0.05) is 18.4 Å². The largest absolute Gasteiger partial charge is 0.344 e. The Hall–Kier alpha value is -2.02. The number of hydrogen-bond acceptors (Lipinski definition) is 1. The van der Waals surface area contributed by atoms with E-state index in [2.05, 4.69) is 74.3 Å². The van der Waals surface area contributed by atoms with Gasteiger partial charge in [-0.2, -0.15) is 0 Å². The minimum absolute atomic E-state index is 1.27. The summed E-state index contributed by atoms with van der Waals surface area (Å²) in [5, 5.41) is 0. The van der Waals surface area contributed by atoms with E-state index in [1.54, 1.807) is 0 Å². The first-order valence-electron chi connectivity index (χ1n) is 6.28. The smallest absolute Gasteiger partial charge is 0.0484 e. The highest BCUT2D eigenvalue weighted by Gasteiger charge is 2.14. The monoisotopic (exact) mass is 235 g/mol. The van der Waals surface area contributed by atoms with E-state index >= 15 is 0 Å². The molecule has 1 heteroatoms. The summed E-state index contributed by atoms with van der Waals surface area (Å²) in [5.41, 5.74) is 7.69. The average molecular weight is 235 g/mol. The lowest BCUT2D eigenvalue weighted by Crippen LogP contribution is -2.11. The Kier molecular flexibility index (Phi) is 2.48. The van der Waals surface area contributed by atoms with Crippen LogP contribution in [-0.4, -0.2) is 7.05 Å². The van der Waals surface area contributed by atoms with Crippen molar-refractivity contribution in [2.45, 2.75) is 13.8 Å². The van der Waals surface area contributed by atoms with Crippen LogP contribution < -0.4 is 4.90 Å². The molecule has 18 heavy (non-hydrogen) atoms. The number of rotatable bonds is 0. The lowest BCUT2D eigenvalue weighted by atomic mass is 10.1. The molecule has 3 rings (SSSR count). The number of aryl methyl sites for hydroxylation is 2. The fourth-order valence-electron chi connectivity index (χ4n) is 2.51. The molecule has 1 aliphatic heterocycles. The van der Waals surface area contributed by atoms with Crippen molar-refractivity contribution in [2.75, 3.05) is 11.9 Å². The van der Waals surface area contributed by atoms with Crippen molar-refractivity contribution in [3.63, 3.8) is 0 Å². The molecule has 0 unspecified atom stereocenters. The fraction of sp³-hybridized carbons (Fsp3) is 0.176. The lowest BCUT2D eigenvalue weighted by molar-refractivity contribution is 1.19. The van der Waals surface area contributed by atoms with Crippen LogP contribution in [0.4, 0.5) is 11.4 Å². The zero-order valence-electron chi connectivity index (χ0n) is 11.1. The van der Waals surface area contributed by atoms with E-state index in [-0.39, 0.29) is 0 Å². The summed E-state index contributed by atoms with van der Waals surface area (Å²) in [6.45, 7) is 4.27. The van der Waals surface area contributed by atoms with Gasteiger partial charge in [-0.25, -0.2) is 0 Å². The van der Waals surface area contributed by atoms with E-state index in [1.807, 2.05) is 0 Å². The van der Waals surface area contributed by atoms with E-state index in [0.717, 1.165) is 0 Å². The summed E-state index contributed by atoms with van der Waals surface area (Å²) in [6, 6.07) is 13.2. The van der Waals surface area contributed by atoms with Crippen molar-refractivity contribution in [1.82, 2.24) is 0 Å². The third-order valence-electron chi connectivity index (χ3n) is 3.53. The van der Waals surface area contributed by atoms with Gasteiger partial charge in [0.05, 0.1) is 0 Å². The molecule has 1 aliphatic rings. The van der Waals surface area contributed by atoms with Crippen LogP contribution in [0.5, 0.6) is 0 Å². The van der Waals surface area contributed by atoms with Gasteiger partial charge in [0.15, 0.2) is 0 Å². The molecule has 1 nitrogen and oxygen atoms in total. The molecule has 0 aromatic heterocycles. The lowest BCUT2D eigenvalue weighted by Gasteiger charge is -2.22. The van der Waals surface area contributed by atoms with Gasteiger partial charge in [-0.3, -0.25) is 0 Å². The van der Waals surface area contributed by atoms with Gasteiger partial charge in [-0.05, 0) is 48.7 Å². The average Bonchev–Trinajstić information content (AvgIpc) is 2.48. The van der Waals surface area contributed by atoms with E-state index in [4.69, 9.17) is 0 Å². The molecule has 0 amide bonds. The van der Waals surface area contributed by atoms with Crippen LogP contribution in [0, 0.1) is 13.8 Å². The second kappa shape index (κ2) is 4.02. The van der Waals surface area contributed by atoms with E-state index in [9.17, 15) is 0 Å². The molecular formula is C17H17N. The predicted octanol–water partition coefficient (Wildman–Crippen LogP) is 4.56. The molecule has 0 spiro atoms. The van der Waals surface area contributed by atoms with Crippen LogP contribution in [0.25, 0.3) is 12.2 Å². The second-order valence-electron chi connectivity index (χ2n) is 5.02. The van der Waals surface area contributed by atoms with Gasteiger partial charge in [-0.1, -0.05) is 35.9 Å². The molecular weight excluding hydrogens is 218 g/mol. The molecule has 0 fully saturated rings. The molecule has 0 saturated heterocycles. The quantitative estimate of drug-likeness (QED) is 0.647. The third kappa shape index (κ3) is 1.72. The summed E-state index contributed by atoms with van der Waals surface area (Å²) >= 11 is 0. The Balaban J connectivity index is 2.24. The Morgan fingerprint density at radius 2 is 1.39 bits per heavy atom. The maximum atomic E-state index is 2.27. The highest BCUT2D eigenvalue weighted by Crippen LogP contribution is 2.35. The van der Waals surface area contributed by atoms with Gasteiger partial charge in [0.25, 0.3) is 0 Å². The number of fused-ring (bicyclic) bond motifs is 2. The van der Waals surface area contributed by atoms with E-state index < -0.39 is 0 Å². The third-order valence-corrected chi connectivity index (χ3v) is 3.53. The van der Waals surface area contributed by atoms with Crippen LogP contribution in [0.1, 0.15) is 22.3 Å². The number of benzene rings is 2. The molecule has 0 N–H and O–H groups in total. The summed E-state index contributed by atoms with van der Waals surface area (Å²) < 4.78 is 0. The molecule has 0 aliphatic carbocycles. The zero-order valence-corrected chi connectivity index (χ0v) is 11.1. The van der Waals surface area contributed by atoms with Crippen LogP contribution >= 0.6 is 0 Å². The van der Waals surface area contributed by atoms with Crippen LogP contribution in [0.15, 0.2) is 36.4 Å². The number of hydrogen-bond donors (Lipinski definition) is 0. The molecule has 0 bridgehead atoms. The van der Waals surface area contributed by atoms with Crippen molar-refractivity contribution < 1.29 is 0 Å². The number of anilines is 2. The fourth-order valence-corrected chi connectivity index (χ4v) is 2.51. The summed E-state index contributed by atoms with van der Waals surface area (Å²) in [7, 11) is 2.14. The topological polar surface area (TPSA) is 3.24 Å². The number of nitrogens with zero attached hydrogens (tertiary/aromatic N) is 1. The summed E-state index contributed by atoms with van der Waals surface area (Å²) in [6.07, 6.45) is 4.41. The highest BCUT2D eigenvalue weighted by atomic mass is 15.1. The SMILES string of the molecule is Cc1ccc2c(c1)C=Cc1ccc(C)cc1N2C. The van der Waals surface area contributed by atoms with Gasteiger partial charge < -0.3 is 4.90 Å². The Labute approximate surface area is 108 Å². The van der Waals surface area contributed by atoms with Crippen LogP contribution in [0.2, 0.25) is 0 Å². The van der Waals surface area contributed by atoms with Crippen molar-refractivity contribution in [3.05, 3.63) is 58.7 Å². The molecule has 90 valence electrons. The van der Waals surface area contributed by atoms with Gasteiger partial charge in [0.1, 0.15) is 0 Å². The van der Waals surface area contributed by atoms with Crippen molar-refractivity contribution >= 4 is 23.5 Å². The van der Waals surface area contributed by atoms with Gasteiger partial charge in [0.2, 0.25) is 0 Å². The Bertz CT molecular complexity index is 638. The predicted molar refractivity (Wildman–Crippen MR) is 79.3 cm³/mol. The van der Waals surface area contributed by atoms with Crippen LogP contribution in [-0.2, 0) is 0 Å². The van der Waals surface area contributed by atoms with Gasteiger partial charge >= 0.3 is 0 Å². The standard InChI is InChI=1S/C17H17N/c1-12-5-9-16-15(10-12)8-7-14-6-4-13(2)11-17(14)18(16)3/h4-11H,1-3H3. The Morgan fingerprint density at radius 3 is 2.22 bits per heavy atom. The molecule has 0 atom stereocenters. The maximum Gasteiger partial charge on any atom is 0.0484 e. The highest BCUT2D eigenvalue weighted by molar-refractivity contribution is 5.88. The maximum absolute atomic E-state index is 2.27. The normalized spacial score (nSPS) is 12.9. The molecule has 2 aromatic rings. The first-order valence-corrected chi connectivity index (χ1v) is 6.28. The van der Waals surface area contributed by atoms with Crippen molar-refractivity contribution in [2.24, 2.45) is 0 Å². The van der Waals surface area contributed by atoms with Crippen molar-refractivity contribution in [3.8, 4) is 0 Å². The Morgan fingerprint density at radius 1 is 0.722 bits per heavy atom. The van der Waals surface area contributed by atoms with E-state index in [1.165, 1.54) is 33.6 Å². The first kappa shape index (κ1) is 11.1. The minimum atomic E-state index is 1.27. The molecule has 2 aromatic carbocycles. The summed E-state index contributed by atoms with van der Waals surface area (Å²) in [5.74, 6) is 0. The van der Waals surface area contributed by atoms with Gasteiger partial charge in [-0.15, -0.1) is 0 Å². The van der Waals surface area contributed by atoms with E-state index in [0.29, 0.717) is 0 Å². The van der Waals surface area contributed by atoms with Crippen molar-refractivity contribution in [1.29, 1.82) is 0 Å². The molecule has 0 saturated carbocycles. The molecule has 0 radical (unpaired) electrons. The second-order valence-corrected chi connectivity index (χ2v) is 5.02. The first-order chi connectivity index (χ1) is 8.65.